The molecule has 3 atom stereocenters. The molecule has 3 rings (SSSR count). The van der Waals surface area contributed by atoms with Gasteiger partial charge in [0.05, 0.1) is 11.1 Å². The first-order chi connectivity index (χ1) is 8.22. The second-order valence-corrected chi connectivity index (χ2v) is 6.18. The summed E-state index contributed by atoms with van der Waals surface area (Å²) >= 11 is 3.33. The van der Waals surface area contributed by atoms with Crippen LogP contribution >= 0.6 is 15.9 Å². The van der Waals surface area contributed by atoms with Crippen LogP contribution in [0.25, 0.3) is 0 Å². The van der Waals surface area contributed by atoms with Crippen molar-refractivity contribution in [2.75, 3.05) is 6.61 Å². The summed E-state index contributed by atoms with van der Waals surface area (Å²) < 4.78 is 19.4. The van der Waals surface area contributed by atoms with Gasteiger partial charge in [0.25, 0.3) is 0 Å². The number of benzene rings is 1. The van der Waals surface area contributed by atoms with E-state index < -0.39 is 0 Å². The molecular formula is C14H16BrFO. The average molecular weight is 299 g/mol. The molecule has 0 aromatic heterocycles. The Kier molecular flexibility index (Phi) is 3.12. The van der Waals surface area contributed by atoms with Crippen LogP contribution in [-0.4, -0.2) is 6.61 Å². The maximum absolute atomic E-state index is 12.9. The highest BCUT2D eigenvalue weighted by atomic mass is 79.9. The average Bonchev–Trinajstić information content (AvgIpc) is 2.89. The first-order valence-electron chi connectivity index (χ1n) is 6.30. The lowest BCUT2D eigenvalue weighted by atomic mass is 9.89. The summed E-state index contributed by atoms with van der Waals surface area (Å²) in [4.78, 5) is 0. The van der Waals surface area contributed by atoms with Gasteiger partial charge in [-0.3, -0.25) is 0 Å². The molecule has 1 aromatic carbocycles. The summed E-state index contributed by atoms with van der Waals surface area (Å²) in [5, 5.41) is 0. The van der Waals surface area contributed by atoms with Crippen molar-refractivity contribution in [3.8, 4) is 5.75 Å². The molecule has 0 heterocycles. The molecule has 1 aromatic rings. The van der Waals surface area contributed by atoms with Gasteiger partial charge >= 0.3 is 0 Å². The van der Waals surface area contributed by atoms with E-state index in [1.807, 2.05) is 0 Å². The van der Waals surface area contributed by atoms with Gasteiger partial charge in [-0.1, -0.05) is 6.42 Å². The molecule has 3 heteroatoms. The third-order valence-corrected chi connectivity index (χ3v) is 4.85. The van der Waals surface area contributed by atoms with Gasteiger partial charge in [0.15, 0.2) is 0 Å². The Hall–Kier alpha value is -0.570. The van der Waals surface area contributed by atoms with E-state index in [0.29, 0.717) is 10.4 Å². The molecule has 2 saturated carbocycles. The monoisotopic (exact) mass is 298 g/mol. The minimum atomic E-state index is -0.232. The van der Waals surface area contributed by atoms with Crippen LogP contribution in [0, 0.1) is 23.6 Å². The molecule has 2 aliphatic carbocycles. The van der Waals surface area contributed by atoms with Crippen LogP contribution in [0.2, 0.25) is 0 Å². The third kappa shape index (κ3) is 2.35. The Labute approximate surface area is 109 Å². The Morgan fingerprint density at radius 2 is 2.18 bits per heavy atom. The van der Waals surface area contributed by atoms with Crippen molar-refractivity contribution in [2.24, 2.45) is 17.8 Å². The molecule has 2 fully saturated rings. The zero-order chi connectivity index (χ0) is 11.8. The summed E-state index contributed by atoms with van der Waals surface area (Å²) in [6.07, 6.45) is 5.52. The first kappa shape index (κ1) is 11.5. The summed E-state index contributed by atoms with van der Waals surface area (Å²) in [6.45, 7) is 0.783. The molecule has 2 bridgehead atoms. The normalized spacial score (nSPS) is 30.8. The Morgan fingerprint density at radius 3 is 2.82 bits per heavy atom. The first-order valence-corrected chi connectivity index (χ1v) is 7.09. The van der Waals surface area contributed by atoms with Gasteiger partial charge in [-0.2, -0.15) is 0 Å². The molecule has 1 nitrogen and oxygen atoms in total. The number of halogens is 2. The van der Waals surface area contributed by atoms with Gasteiger partial charge in [-0.25, -0.2) is 4.39 Å². The van der Waals surface area contributed by atoms with Gasteiger partial charge in [0.2, 0.25) is 0 Å². The summed E-state index contributed by atoms with van der Waals surface area (Å²) in [7, 11) is 0. The predicted octanol–water partition coefficient (Wildman–Crippen LogP) is 4.40. The van der Waals surface area contributed by atoms with Crippen LogP contribution in [0.1, 0.15) is 25.7 Å². The number of fused-ring (bicyclic) bond motifs is 2. The lowest BCUT2D eigenvalue weighted by molar-refractivity contribution is 0.194. The zero-order valence-corrected chi connectivity index (χ0v) is 11.2. The van der Waals surface area contributed by atoms with E-state index in [9.17, 15) is 4.39 Å². The number of hydrogen-bond acceptors (Lipinski definition) is 1. The van der Waals surface area contributed by atoms with E-state index in [1.165, 1.54) is 37.8 Å². The highest BCUT2D eigenvalue weighted by Gasteiger charge is 2.39. The van der Waals surface area contributed by atoms with Crippen LogP contribution in [-0.2, 0) is 0 Å². The molecule has 0 N–H and O–H groups in total. The van der Waals surface area contributed by atoms with Crippen molar-refractivity contribution >= 4 is 15.9 Å². The fraction of sp³-hybridized carbons (Fsp3) is 0.571. The minimum Gasteiger partial charge on any atom is -0.492 e. The molecule has 0 radical (unpaired) electrons. The largest absolute Gasteiger partial charge is 0.492 e. The van der Waals surface area contributed by atoms with Gasteiger partial charge in [-0.05, 0) is 71.1 Å². The molecule has 3 unspecified atom stereocenters. The molecule has 17 heavy (non-hydrogen) atoms. The van der Waals surface area contributed by atoms with Crippen molar-refractivity contribution in [1.82, 2.24) is 0 Å². The van der Waals surface area contributed by atoms with E-state index in [0.717, 1.165) is 24.2 Å². The molecule has 0 saturated heterocycles. The highest BCUT2D eigenvalue weighted by Crippen LogP contribution is 2.48. The maximum Gasteiger partial charge on any atom is 0.133 e. The van der Waals surface area contributed by atoms with E-state index in [2.05, 4.69) is 15.9 Å². The predicted molar refractivity (Wildman–Crippen MR) is 68.5 cm³/mol. The van der Waals surface area contributed by atoms with E-state index >= 15 is 0 Å². The number of rotatable bonds is 3. The quantitative estimate of drug-likeness (QED) is 0.803. The standard InChI is InChI=1S/C14H16BrFO/c15-13-7-12(16)3-4-14(13)17-8-11-6-9-1-2-10(11)5-9/h3-4,7,9-11H,1-2,5-6,8H2. The van der Waals surface area contributed by atoms with E-state index in [1.54, 1.807) is 6.07 Å². The molecule has 0 spiro atoms. The zero-order valence-electron chi connectivity index (χ0n) is 9.66. The molecule has 0 aliphatic heterocycles. The van der Waals surface area contributed by atoms with Crippen molar-refractivity contribution in [3.05, 3.63) is 28.5 Å². The van der Waals surface area contributed by atoms with Crippen LogP contribution in [0.3, 0.4) is 0 Å². The molecule has 0 amide bonds. The molecule has 92 valence electrons. The highest BCUT2D eigenvalue weighted by molar-refractivity contribution is 9.10. The van der Waals surface area contributed by atoms with Crippen molar-refractivity contribution < 1.29 is 9.13 Å². The maximum atomic E-state index is 12.9. The van der Waals surface area contributed by atoms with Gasteiger partial charge < -0.3 is 4.74 Å². The van der Waals surface area contributed by atoms with Crippen molar-refractivity contribution in [1.29, 1.82) is 0 Å². The second-order valence-electron chi connectivity index (χ2n) is 5.32. The van der Waals surface area contributed by atoms with Crippen LogP contribution in [0.15, 0.2) is 22.7 Å². The summed E-state index contributed by atoms with van der Waals surface area (Å²) in [6, 6.07) is 4.60. The van der Waals surface area contributed by atoms with Crippen LogP contribution < -0.4 is 4.74 Å². The second kappa shape index (κ2) is 4.60. The lowest BCUT2D eigenvalue weighted by Crippen LogP contribution is -2.18. The Morgan fingerprint density at radius 1 is 1.29 bits per heavy atom. The lowest BCUT2D eigenvalue weighted by Gasteiger charge is -2.22. The van der Waals surface area contributed by atoms with Gasteiger partial charge in [-0.15, -0.1) is 0 Å². The van der Waals surface area contributed by atoms with Gasteiger partial charge in [0, 0.05) is 0 Å². The topological polar surface area (TPSA) is 9.23 Å². The fourth-order valence-corrected chi connectivity index (χ4v) is 3.83. The Bertz CT molecular complexity index is 421. The third-order valence-electron chi connectivity index (χ3n) is 4.23. The summed E-state index contributed by atoms with van der Waals surface area (Å²) in [5.41, 5.74) is 0. The van der Waals surface area contributed by atoms with Crippen molar-refractivity contribution in [3.63, 3.8) is 0 Å². The van der Waals surface area contributed by atoms with Crippen LogP contribution in [0.4, 0.5) is 4.39 Å². The molecule has 2 aliphatic rings. The van der Waals surface area contributed by atoms with Gasteiger partial charge in [0.1, 0.15) is 11.6 Å². The van der Waals surface area contributed by atoms with E-state index in [4.69, 9.17) is 4.74 Å². The number of hydrogen-bond donors (Lipinski definition) is 0. The Balaban J connectivity index is 1.60. The SMILES string of the molecule is Fc1ccc(OCC2CC3CCC2C3)c(Br)c1. The van der Waals surface area contributed by atoms with Crippen molar-refractivity contribution in [2.45, 2.75) is 25.7 Å². The smallest absolute Gasteiger partial charge is 0.133 e. The number of ether oxygens (including phenoxy) is 1. The minimum absolute atomic E-state index is 0.232. The fourth-order valence-electron chi connectivity index (χ4n) is 3.37. The van der Waals surface area contributed by atoms with E-state index in [-0.39, 0.29) is 5.82 Å². The summed E-state index contributed by atoms with van der Waals surface area (Å²) in [5.74, 6) is 3.06. The van der Waals surface area contributed by atoms with Crippen LogP contribution in [0.5, 0.6) is 5.75 Å². The molecular weight excluding hydrogens is 283 g/mol.